The van der Waals surface area contributed by atoms with Gasteiger partial charge in [-0.15, -0.1) is 11.3 Å². The lowest BCUT2D eigenvalue weighted by Crippen LogP contribution is -2.36. The fourth-order valence-corrected chi connectivity index (χ4v) is 5.74. The van der Waals surface area contributed by atoms with Crippen molar-refractivity contribution in [3.05, 3.63) is 71.0 Å². The maximum atomic E-state index is 13.4. The Hall–Kier alpha value is -3.45. The highest BCUT2D eigenvalue weighted by Crippen LogP contribution is 2.34. The summed E-state index contributed by atoms with van der Waals surface area (Å²) in [5, 5.41) is 6.29. The van der Waals surface area contributed by atoms with Gasteiger partial charge in [0.25, 0.3) is 5.91 Å². The minimum Gasteiger partial charge on any atom is -0.497 e. The molecular formula is C29H32N4O2S. The fourth-order valence-electron chi connectivity index (χ4n) is 4.93. The number of pyridine rings is 1. The first kappa shape index (κ1) is 24.3. The van der Waals surface area contributed by atoms with Crippen LogP contribution in [0.5, 0.6) is 5.75 Å². The standard InChI is InChI=1S/C29H32N4O2S/c1-4-21-16-20(14-15-30-21)29-32-26(18-36-29)27-17-25(28(34)31-22-8-6-5-7-9-22)19(2)33(27)23-10-12-24(35-3)13-11-23/h10-18,22H,4-9H2,1-3H3,(H,31,34). The predicted octanol–water partition coefficient (Wildman–Crippen LogP) is 6.60. The summed E-state index contributed by atoms with van der Waals surface area (Å²) in [7, 11) is 1.66. The van der Waals surface area contributed by atoms with Crippen LogP contribution in [0, 0.1) is 6.92 Å². The van der Waals surface area contributed by atoms with Crippen LogP contribution in [0.25, 0.3) is 27.6 Å². The van der Waals surface area contributed by atoms with E-state index in [1.165, 1.54) is 19.3 Å². The van der Waals surface area contributed by atoms with E-state index in [1.54, 1.807) is 18.4 Å². The molecule has 1 N–H and O–H groups in total. The van der Waals surface area contributed by atoms with E-state index in [2.05, 4.69) is 33.2 Å². The minimum atomic E-state index is -0.00918. The van der Waals surface area contributed by atoms with Crippen LogP contribution < -0.4 is 10.1 Å². The molecule has 186 valence electrons. The second-order valence-electron chi connectivity index (χ2n) is 9.30. The van der Waals surface area contributed by atoms with Crippen LogP contribution in [0.2, 0.25) is 0 Å². The number of aryl methyl sites for hydroxylation is 1. The molecule has 3 heterocycles. The molecule has 0 saturated heterocycles. The topological polar surface area (TPSA) is 69.0 Å². The lowest BCUT2D eigenvalue weighted by Gasteiger charge is -2.22. The van der Waals surface area contributed by atoms with Crippen LogP contribution in [0.3, 0.4) is 0 Å². The van der Waals surface area contributed by atoms with Gasteiger partial charge in [0.2, 0.25) is 0 Å². The second kappa shape index (κ2) is 10.7. The lowest BCUT2D eigenvalue weighted by molar-refractivity contribution is 0.0927. The van der Waals surface area contributed by atoms with E-state index in [0.717, 1.165) is 64.0 Å². The number of methoxy groups -OCH3 is 1. The van der Waals surface area contributed by atoms with E-state index < -0.39 is 0 Å². The quantitative estimate of drug-likeness (QED) is 0.310. The Morgan fingerprint density at radius 3 is 2.64 bits per heavy atom. The van der Waals surface area contributed by atoms with Crippen LogP contribution in [0.4, 0.5) is 0 Å². The van der Waals surface area contributed by atoms with Gasteiger partial charge in [0.05, 0.1) is 24.1 Å². The molecule has 1 aromatic carbocycles. The number of rotatable bonds is 7. The Bertz CT molecular complexity index is 1350. The minimum absolute atomic E-state index is 0.00918. The van der Waals surface area contributed by atoms with E-state index in [1.807, 2.05) is 49.5 Å². The highest BCUT2D eigenvalue weighted by atomic mass is 32.1. The van der Waals surface area contributed by atoms with E-state index in [0.29, 0.717) is 5.56 Å². The largest absolute Gasteiger partial charge is 0.497 e. The molecule has 6 nitrogen and oxygen atoms in total. The summed E-state index contributed by atoms with van der Waals surface area (Å²) in [6, 6.07) is 14.2. The summed E-state index contributed by atoms with van der Waals surface area (Å²) in [6.45, 7) is 4.11. The van der Waals surface area contributed by atoms with Gasteiger partial charge in [-0.25, -0.2) is 4.98 Å². The van der Waals surface area contributed by atoms with Crippen molar-refractivity contribution in [2.45, 2.75) is 58.4 Å². The predicted molar refractivity (Wildman–Crippen MR) is 145 cm³/mol. The lowest BCUT2D eigenvalue weighted by atomic mass is 9.95. The Kier molecular flexibility index (Phi) is 7.18. The number of hydrogen-bond acceptors (Lipinski definition) is 5. The molecule has 1 aliphatic rings. The second-order valence-corrected chi connectivity index (χ2v) is 10.2. The molecule has 0 atom stereocenters. The Balaban J connectivity index is 1.55. The highest BCUT2D eigenvalue weighted by molar-refractivity contribution is 7.13. The molecule has 7 heteroatoms. The van der Waals surface area contributed by atoms with E-state index in [-0.39, 0.29) is 11.9 Å². The van der Waals surface area contributed by atoms with Gasteiger partial charge in [-0.2, -0.15) is 0 Å². The van der Waals surface area contributed by atoms with Gasteiger partial charge in [0, 0.05) is 40.3 Å². The number of hydrogen-bond donors (Lipinski definition) is 1. The summed E-state index contributed by atoms with van der Waals surface area (Å²) in [5.41, 5.74) is 6.41. The molecule has 1 amide bonds. The molecule has 36 heavy (non-hydrogen) atoms. The molecule has 1 aliphatic carbocycles. The number of benzene rings is 1. The summed E-state index contributed by atoms with van der Waals surface area (Å²) < 4.78 is 7.48. The van der Waals surface area contributed by atoms with E-state index in [4.69, 9.17) is 9.72 Å². The molecule has 0 bridgehead atoms. The average molecular weight is 501 g/mol. The first-order chi connectivity index (χ1) is 17.6. The molecule has 1 saturated carbocycles. The van der Waals surface area contributed by atoms with Gasteiger partial charge < -0.3 is 14.6 Å². The zero-order chi connectivity index (χ0) is 25.1. The molecule has 0 aliphatic heterocycles. The molecule has 3 aromatic heterocycles. The van der Waals surface area contributed by atoms with Crippen molar-refractivity contribution < 1.29 is 9.53 Å². The first-order valence-corrected chi connectivity index (χ1v) is 13.5. The summed E-state index contributed by atoms with van der Waals surface area (Å²) in [5.74, 6) is 0.783. The van der Waals surface area contributed by atoms with Crippen molar-refractivity contribution in [3.8, 4) is 33.4 Å². The van der Waals surface area contributed by atoms with Gasteiger partial charge >= 0.3 is 0 Å². The van der Waals surface area contributed by atoms with E-state index >= 15 is 0 Å². The van der Waals surface area contributed by atoms with Gasteiger partial charge in [0.1, 0.15) is 10.8 Å². The molecule has 0 spiro atoms. The maximum absolute atomic E-state index is 13.4. The van der Waals surface area contributed by atoms with Crippen molar-refractivity contribution in [3.63, 3.8) is 0 Å². The number of ether oxygens (including phenoxy) is 1. The van der Waals surface area contributed by atoms with Gasteiger partial charge in [0.15, 0.2) is 0 Å². The number of carbonyl (C=O) groups excluding carboxylic acids is 1. The Morgan fingerprint density at radius 2 is 1.92 bits per heavy atom. The number of thiazole rings is 1. The molecule has 5 rings (SSSR count). The monoisotopic (exact) mass is 500 g/mol. The van der Waals surface area contributed by atoms with E-state index in [9.17, 15) is 4.79 Å². The van der Waals surface area contributed by atoms with Crippen LogP contribution in [0.1, 0.15) is 60.8 Å². The van der Waals surface area contributed by atoms with Gasteiger partial charge in [-0.1, -0.05) is 26.2 Å². The molecule has 0 unspecified atom stereocenters. The summed E-state index contributed by atoms with van der Waals surface area (Å²) in [6.07, 6.45) is 8.44. The Morgan fingerprint density at radius 1 is 1.14 bits per heavy atom. The third-order valence-corrected chi connectivity index (χ3v) is 7.85. The zero-order valence-electron chi connectivity index (χ0n) is 21.1. The number of nitrogens with one attached hydrogen (secondary N) is 1. The van der Waals surface area contributed by atoms with Crippen molar-refractivity contribution in [2.24, 2.45) is 0 Å². The van der Waals surface area contributed by atoms with Gasteiger partial charge in [-0.3, -0.25) is 9.78 Å². The van der Waals surface area contributed by atoms with Crippen LogP contribution in [0.15, 0.2) is 54.0 Å². The van der Waals surface area contributed by atoms with Gasteiger partial charge in [-0.05, 0) is 68.7 Å². The highest BCUT2D eigenvalue weighted by Gasteiger charge is 2.24. The molecule has 1 fully saturated rings. The zero-order valence-corrected chi connectivity index (χ0v) is 21.9. The average Bonchev–Trinajstić information content (AvgIpc) is 3.54. The third kappa shape index (κ3) is 4.93. The first-order valence-electron chi connectivity index (χ1n) is 12.7. The van der Waals surface area contributed by atoms with Crippen molar-refractivity contribution >= 4 is 17.2 Å². The van der Waals surface area contributed by atoms with Crippen molar-refractivity contribution in [1.82, 2.24) is 19.9 Å². The molecule has 0 radical (unpaired) electrons. The third-order valence-electron chi connectivity index (χ3n) is 6.96. The summed E-state index contributed by atoms with van der Waals surface area (Å²) in [4.78, 5) is 22.8. The SMILES string of the molecule is CCc1cc(-c2nc(-c3cc(C(=O)NC4CCCCC4)c(C)n3-c3ccc(OC)cc3)cs2)ccn1. The van der Waals surface area contributed by atoms with Crippen LogP contribution >= 0.6 is 11.3 Å². The molecule has 4 aromatic rings. The Labute approximate surface area is 216 Å². The summed E-state index contributed by atoms with van der Waals surface area (Å²) >= 11 is 1.61. The van der Waals surface area contributed by atoms with Crippen molar-refractivity contribution in [1.29, 1.82) is 0 Å². The number of nitrogens with zero attached hydrogens (tertiary/aromatic N) is 3. The number of amides is 1. The number of aromatic nitrogens is 3. The fraction of sp³-hybridized carbons (Fsp3) is 0.345. The van der Waals surface area contributed by atoms with Crippen LogP contribution in [-0.2, 0) is 6.42 Å². The number of carbonyl (C=O) groups is 1. The van der Waals surface area contributed by atoms with Crippen molar-refractivity contribution in [2.75, 3.05) is 7.11 Å². The van der Waals surface area contributed by atoms with Crippen LogP contribution in [-0.4, -0.2) is 33.6 Å². The smallest absolute Gasteiger partial charge is 0.253 e. The molecular weight excluding hydrogens is 468 g/mol. The normalized spacial score (nSPS) is 14.1. The maximum Gasteiger partial charge on any atom is 0.253 e.